The summed E-state index contributed by atoms with van der Waals surface area (Å²) < 4.78 is 10.9. The monoisotopic (exact) mass is 374 g/mol. The summed E-state index contributed by atoms with van der Waals surface area (Å²) in [5.41, 5.74) is 1.46. The molecule has 2 rings (SSSR count). The Hall–Kier alpha value is -2.83. The summed E-state index contributed by atoms with van der Waals surface area (Å²) in [7, 11) is 0. The molecule has 0 aliphatic rings. The predicted molar refractivity (Wildman–Crippen MR) is 98.5 cm³/mol. The van der Waals surface area contributed by atoms with Crippen molar-refractivity contribution in [3.8, 4) is 5.75 Å². The van der Waals surface area contributed by atoms with E-state index in [0.717, 1.165) is 10.9 Å². The zero-order valence-electron chi connectivity index (χ0n) is 15.8. The maximum Gasteiger partial charge on any atom is 0.339 e. The van der Waals surface area contributed by atoms with Gasteiger partial charge in [0.05, 0.1) is 0 Å². The Bertz CT molecular complexity index is 886. The fourth-order valence-electron chi connectivity index (χ4n) is 2.69. The van der Waals surface area contributed by atoms with Crippen LogP contribution in [-0.4, -0.2) is 24.5 Å². The van der Waals surface area contributed by atoms with Gasteiger partial charge in [0.2, 0.25) is 0 Å². The molecule has 146 valence electrons. The van der Waals surface area contributed by atoms with Gasteiger partial charge in [-0.25, -0.2) is 4.79 Å². The van der Waals surface area contributed by atoms with E-state index in [0.29, 0.717) is 42.7 Å². The van der Waals surface area contributed by atoms with E-state index in [1.807, 2.05) is 6.92 Å². The number of unbranched alkanes of at least 4 members (excludes halogenated alkanes) is 2. The van der Waals surface area contributed by atoms with E-state index >= 15 is 0 Å². The van der Waals surface area contributed by atoms with Crippen molar-refractivity contribution in [1.82, 2.24) is 5.32 Å². The van der Waals surface area contributed by atoms with E-state index in [2.05, 4.69) is 5.32 Å². The smallest absolute Gasteiger partial charge is 0.339 e. The molecule has 2 aromatic rings. The number of carbonyl (C=O) groups is 2. The molecular weight excluding hydrogens is 350 g/mol. The molecule has 0 aliphatic carbocycles. The first-order valence-corrected chi connectivity index (χ1v) is 8.98. The van der Waals surface area contributed by atoms with Gasteiger partial charge in [0.1, 0.15) is 11.3 Å². The number of carboxylic acid groups (broad SMARTS) is 1. The molecule has 0 saturated carbocycles. The molecule has 1 aromatic heterocycles. The third-order valence-electron chi connectivity index (χ3n) is 4.47. The molecule has 7 heteroatoms. The van der Waals surface area contributed by atoms with Crippen molar-refractivity contribution in [2.75, 3.05) is 6.54 Å². The highest BCUT2D eigenvalue weighted by Crippen LogP contribution is 2.24. The third-order valence-corrected chi connectivity index (χ3v) is 4.47. The molecule has 1 N–H and O–H groups in total. The van der Waals surface area contributed by atoms with Gasteiger partial charge >= 0.3 is 5.63 Å². The summed E-state index contributed by atoms with van der Waals surface area (Å²) in [5, 5.41) is 13.9. The highest BCUT2D eigenvalue weighted by Gasteiger charge is 2.15. The predicted octanol–water partition coefficient (Wildman–Crippen LogP) is 1.60. The number of hydrogen-bond acceptors (Lipinski definition) is 6. The molecule has 7 nitrogen and oxygen atoms in total. The summed E-state index contributed by atoms with van der Waals surface area (Å²) in [6.07, 6.45) is 1.23. The van der Waals surface area contributed by atoms with Crippen molar-refractivity contribution in [2.24, 2.45) is 0 Å². The van der Waals surface area contributed by atoms with Crippen molar-refractivity contribution in [3.05, 3.63) is 39.7 Å². The average Bonchev–Trinajstić information content (AvgIpc) is 2.62. The summed E-state index contributed by atoms with van der Waals surface area (Å²) in [6, 6.07) is 5.14. The van der Waals surface area contributed by atoms with Gasteiger partial charge in [0.15, 0.2) is 6.10 Å². The van der Waals surface area contributed by atoms with E-state index in [-0.39, 0.29) is 18.0 Å². The lowest BCUT2D eigenvalue weighted by atomic mass is 10.1. The molecule has 0 unspecified atom stereocenters. The number of fused-ring (bicyclic) bond motifs is 1. The number of ether oxygens (including phenoxy) is 1. The quantitative estimate of drug-likeness (QED) is 0.527. The molecule has 1 heterocycles. The van der Waals surface area contributed by atoms with Crippen molar-refractivity contribution < 1.29 is 23.8 Å². The third kappa shape index (κ3) is 5.57. The molecule has 1 amide bonds. The fourth-order valence-corrected chi connectivity index (χ4v) is 2.69. The number of nitrogens with one attached hydrogen (secondary N) is 1. The molecule has 0 aliphatic heterocycles. The van der Waals surface area contributed by atoms with Crippen LogP contribution in [0.15, 0.2) is 27.4 Å². The van der Waals surface area contributed by atoms with Gasteiger partial charge in [-0.2, -0.15) is 0 Å². The van der Waals surface area contributed by atoms with Crippen molar-refractivity contribution in [2.45, 2.75) is 52.6 Å². The number of hydrogen-bond donors (Lipinski definition) is 1. The van der Waals surface area contributed by atoms with Gasteiger partial charge < -0.3 is 24.4 Å². The first-order valence-electron chi connectivity index (χ1n) is 8.98. The topological polar surface area (TPSA) is 109 Å². The van der Waals surface area contributed by atoms with Crippen LogP contribution >= 0.6 is 0 Å². The van der Waals surface area contributed by atoms with Crippen LogP contribution in [0.2, 0.25) is 0 Å². The molecule has 0 bridgehead atoms. The summed E-state index contributed by atoms with van der Waals surface area (Å²) in [5.74, 6) is -0.889. The standard InChI is InChI=1S/C20H25NO6/c1-12-13(2)20(25)27-17-11-15(8-9-16(12)17)26-14(3)19(24)21-10-6-4-5-7-18(22)23/h8-9,11,14H,4-7,10H2,1-3H3,(H,21,24)(H,22,23)/p-1/t14-/m0/s1. The molecule has 27 heavy (non-hydrogen) atoms. The summed E-state index contributed by atoms with van der Waals surface area (Å²) in [6.45, 7) is 5.66. The minimum atomic E-state index is -1.06. The Kier molecular flexibility index (Phi) is 6.98. The number of carbonyl (C=O) groups excluding carboxylic acids is 2. The van der Waals surface area contributed by atoms with Crippen LogP contribution in [0.3, 0.4) is 0 Å². The zero-order chi connectivity index (χ0) is 20.0. The van der Waals surface area contributed by atoms with E-state index in [4.69, 9.17) is 9.15 Å². The fraction of sp³-hybridized carbons (Fsp3) is 0.450. The van der Waals surface area contributed by atoms with Gasteiger partial charge in [0.25, 0.3) is 5.91 Å². The number of aliphatic carboxylic acids is 1. The molecule has 1 aromatic carbocycles. The Morgan fingerprint density at radius 1 is 1.19 bits per heavy atom. The van der Waals surface area contributed by atoms with Crippen LogP contribution in [0, 0.1) is 13.8 Å². The first-order chi connectivity index (χ1) is 12.8. The maximum atomic E-state index is 12.1. The minimum Gasteiger partial charge on any atom is -0.550 e. The summed E-state index contributed by atoms with van der Waals surface area (Å²) in [4.78, 5) is 34.2. The Morgan fingerprint density at radius 3 is 2.63 bits per heavy atom. The highest BCUT2D eigenvalue weighted by molar-refractivity contribution is 5.83. The lowest BCUT2D eigenvalue weighted by Gasteiger charge is -2.15. The second-order valence-electron chi connectivity index (χ2n) is 6.53. The normalized spacial score (nSPS) is 12.0. The molecule has 0 saturated heterocycles. The van der Waals surface area contributed by atoms with Gasteiger partial charge in [-0.3, -0.25) is 4.79 Å². The highest BCUT2D eigenvalue weighted by atomic mass is 16.5. The van der Waals surface area contributed by atoms with Crippen LogP contribution in [0.5, 0.6) is 5.75 Å². The van der Waals surface area contributed by atoms with Crippen LogP contribution in [0.4, 0.5) is 0 Å². The van der Waals surface area contributed by atoms with Crippen molar-refractivity contribution in [1.29, 1.82) is 0 Å². The van der Waals surface area contributed by atoms with Crippen molar-refractivity contribution >= 4 is 22.8 Å². The molecule has 1 atom stereocenters. The Balaban J connectivity index is 1.90. The molecule has 0 radical (unpaired) electrons. The maximum absolute atomic E-state index is 12.1. The molecule has 0 fully saturated rings. The molecular formula is C20H24NO6-. The van der Waals surface area contributed by atoms with Crippen LogP contribution in [0.25, 0.3) is 11.0 Å². The second-order valence-corrected chi connectivity index (χ2v) is 6.53. The zero-order valence-corrected chi connectivity index (χ0v) is 15.8. The van der Waals surface area contributed by atoms with E-state index in [9.17, 15) is 19.5 Å². The number of aryl methyl sites for hydroxylation is 1. The van der Waals surface area contributed by atoms with Gasteiger partial charge in [0, 0.05) is 29.5 Å². The Morgan fingerprint density at radius 2 is 1.93 bits per heavy atom. The SMILES string of the molecule is Cc1c(C)c2ccc(O[C@@H](C)C(=O)NCCCCCC(=O)[O-])cc2oc1=O. The van der Waals surface area contributed by atoms with Crippen LogP contribution in [-0.2, 0) is 9.59 Å². The number of rotatable bonds is 9. The van der Waals surface area contributed by atoms with Gasteiger partial charge in [-0.05, 0) is 57.7 Å². The largest absolute Gasteiger partial charge is 0.550 e. The van der Waals surface area contributed by atoms with E-state index in [1.165, 1.54) is 0 Å². The van der Waals surface area contributed by atoms with E-state index < -0.39 is 12.1 Å². The first kappa shape index (κ1) is 20.5. The van der Waals surface area contributed by atoms with Crippen molar-refractivity contribution in [3.63, 3.8) is 0 Å². The van der Waals surface area contributed by atoms with Crippen LogP contribution < -0.4 is 20.8 Å². The van der Waals surface area contributed by atoms with Crippen LogP contribution in [0.1, 0.15) is 43.7 Å². The van der Waals surface area contributed by atoms with Gasteiger partial charge in [-0.15, -0.1) is 0 Å². The molecule has 0 spiro atoms. The lowest BCUT2D eigenvalue weighted by Crippen LogP contribution is -2.36. The number of amides is 1. The average molecular weight is 374 g/mol. The second kappa shape index (κ2) is 9.21. The van der Waals surface area contributed by atoms with E-state index in [1.54, 1.807) is 32.0 Å². The lowest BCUT2D eigenvalue weighted by molar-refractivity contribution is -0.305. The number of carboxylic acids is 1. The Labute approximate surface area is 157 Å². The minimum absolute atomic E-state index is 0.0323. The summed E-state index contributed by atoms with van der Waals surface area (Å²) >= 11 is 0. The van der Waals surface area contributed by atoms with Gasteiger partial charge in [-0.1, -0.05) is 6.42 Å². The number of benzene rings is 1.